The number of hydrogen-bond donors (Lipinski definition) is 2. The van der Waals surface area contributed by atoms with E-state index in [9.17, 15) is 9.59 Å². The Morgan fingerprint density at radius 3 is 2.79 bits per heavy atom. The number of benzene rings is 1. The van der Waals surface area contributed by atoms with Gasteiger partial charge in [-0.05, 0) is 44.7 Å². The molecule has 1 atom stereocenters. The lowest BCUT2D eigenvalue weighted by molar-refractivity contribution is -0.119. The molecule has 0 unspecified atom stereocenters. The third-order valence-corrected chi connectivity index (χ3v) is 6.72. The zero-order valence-corrected chi connectivity index (χ0v) is 18.0. The lowest BCUT2D eigenvalue weighted by atomic mass is 10.1. The number of carbonyl (C=O) groups excluding carboxylic acids is 1. The summed E-state index contributed by atoms with van der Waals surface area (Å²) in [5, 5.41) is 3.72. The molecule has 0 fully saturated rings. The average Bonchev–Trinajstić information content (AvgIpc) is 2.95. The molecule has 0 aliphatic carbocycles. The smallest absolute Gasteiger partial charge is 0.259 e. The summed E-state index contributed by atoms with van der Waals surface area (Å²) in [6.07, 6.45) is 1.85. The maximum atomic E-state index is 12.3. The first-order chi connectivity index (χ1) is 13.4. The minimum absolute atomic E-state index is 0.0109. The average molecular weight is 416 g/mol. The van der Waals surface area contributed by atoms with Crippen LogP contribution in [-0.4, -0.2) is 27.7 Å². The number of aryl methyl sites for hydroxylation is 3. The Morgan fingerprint density at radius 2 is 2.04 bits per heavy atom. The number of nitrogens with zero attached hydrogens (tertiary/aromatic N) is 1. The second kappa shape index (κ2) is 9.39. The zero-order valence-electron chi connectivity index (χ0n) is 16.4. The molecular weight excluding hydrogens is 390 g/mol. The number of aromatic nitrogens is 2. The fraction of sp³-hybridized carbons (Fsp3) is 0.381. The van der Waals surface area contributed by atoms with E-state index in [0.29, 0.717) is 22.7 Å². The lowest BCUT2D eigenvalue weighted by Gasteiger charge is -2.13. The molecule has 28 heavy (non-hydrogen) atoms. The van der Waals surface area contributed by atoms with Crippen LogP contribution in [0.4, 0.5) is 0 Å². The quantitative estimate of drug-likeness (QED) is 0.584. The van der Waals surface area contributed by atoms with Gasteiger partial charge in [-0.2, -0.15) is 0 Å². The molecule has 0 bridgehead atoms. The summed E-state index contributed by atoms with van der Waals surface area (Å²) in [6, 6.07) is 10.4. The highest BCUT2D eigenvalue weighted by molar-refractivity contribution is 7.99. The second-order valence-electron chi connectivity index (χ2n) is 6.96. The van der Waals surface area contributed by atoms with Gasteiger partial charge >= 0.3 is 0 Å². The molecule has 1 amide bonds. The molecule has 148 valence electrons. The summed E-state index contributed by atoms with van der Waals surface area (Å²) >= 11 is 3.00. The van der Waals surface area contributed by atoms with Crippen molar-refractivity contribution in [2.24, 2.45) is 0 Å². The third kappa shape index (κ3) is 5.23. The molecule has 2 aromatic heterocycles. The number of H-pyrrole nitrogens is 1. The Labute approximate surface area is 173 Å². The van der Waals surface area contributed by atoms with Gasteiger partial charge in [-0.3, -0.25) is 9.59 Å². The standard InChI is InChI=1S/C21H25N3O2S2/c1-13(9-10-16-7-5-4-6-8-16)22-18(25)12-27-11-17-23-20(26)19-14(2)15(3)28-21(19)24-17/h4-8,13H,9-12H2,1-3H3,(H,22,25)(H,23,24,26)/t13-/m1/s1. The zero-order chi connectivity index (χ0) is 20.1. The molecule has 2 N–H and O–H groups in total. The van der Waals surface area contributed by atoms with Gasteiger partial charge in [0.05, 0.1) is 16.9 Å². The molecule has 0 aliphatic rings. The number of thiophene rings is 1. The number of amides is 1. The van der Waals surface area contributed by atoms with E-state index in [4.69, 9.17) is 0 Å². The van der Waals surface area contributed by atoms with Crippen LogP contribution in [0.25, 0.3) is 10.2 Å². The van der Waals surface area contributed by atoms with Gasteiger partial charge in [0.15, 0.2) is 0 Å². The maximum Gasteiger partial charge on any atom is 0.259 e. The minimum Gasteiger partial charge on any atom is -0.353 e. The van der Waals surface area contributed by atoms with Crippen molar-refractivity contribution in [3.63, 3.8) is 0 Å². The summed E-state index contributed by atoms with van der Waals surface area (Å²) < 4.78 is 0. The number of nitrogens with one attached hydrogen (secondary N) is 2. The van der Waals surface area contributed by atoms with Crippen molar-refractivity contribution < 1.29 is 4.79 Å². The van der Waals surface area contributed by atoms with Crippen LogP contribution in [0.5, 0.6) is 0 Å². The first-order valence-electron chi connectivity index (χ1n) is 9.34. The van der Waals surface area contributed by atoms with E-state index in [-0.39, 0.29) is 17.5 Å². The summed E-state index contributed by atoms with van der Waals surface area (Å²) in [5.41, 5.74) is 2.18. The van der Waals surface area contributed by atoms with Crippen LogP contribution in [0.3, 0.4) is 0 Å². The highest BCUT2D eigenvalue weighted by Crippen LogP contribution is 2.26. The van der Waals surface area contributed by atoms with Gasteiger partial charge in [0.1, 0.15) is 10.7 Å². The Kier molecular flexibility index (Phi) is 6.91. The van der Waals surface area contributed by atoms with Gasteiger partial charge in [0, 0.05) is 10.9 Å². The number of fused-ring (bicyclic) bond motifs is 1. The summed E-state index contributed by atoms with van der Waals surface area (Å²) in [7, 11) is 0. The molecule has 2 heterocycles. The number of rotatable bonds is 8. The normalized spacial score (nSPS) is 12.2. The monoisotopic (exact) mass is 415 g/mol. The Hall–Kier alpha value is -2.12. The van der Waals surface area contributed by atoms with Gasteiger partial charge in [0.2, 0.25) is 5.91 Å². The molecule has 3 aromatic rings. The SMILES string of the molecule is Cc1sc2nc(CSCC(=O)N[C@H](C)CCc3ccccc3)[nH]c(=O)c2c1C. The molecule has 7 heteroatoms. The fourth-order valence-electron chi connectivity index (χ4n) is 3.02. The number of carbonyl (C=O) groups is 1. The summed E-state index contributed by atoms with van der Waals surface area (Å²) in [5.74, 6) is 1.48. The predicted octanol–water partition coefficient (Wildman–Crippen LogP) is 3.97. The molecule has 3 rings (SSSR count). The van der Waals surface area contributed by atoms with Gasteiger partial charge < -0.3 is 10.3 Å². The molecule has 0 aliphatic heterocycles. The largest absolute Gasteiger partial charge is 0.353 e. The van der Waals surface area contributed by atoms with Crippen molar-refractivity contribution in [1.29, 1.82) is 0 Å². The van der Waals surface area contributed by atoms with Crippen molar-refractivity contribution >= 4 is 39.2 Å². The molecule has 0 spiro atoms. The highest BCUT2D eigenvalue weighted by atomic mass is 32.2. The van der Waals surface area contributed by atoms with Crippen LogP contribution in [0, 0.1) is 13.8 Å². The Bertz CT molecular complexity index is 1010. The lowest BCUT2D eigenvalue weighted by Crippen LogP contribution is -2.34. The molecular formula is C21H25N3O2S2. The second-order valence-corrected chi connectivity index (χ2v) is 9.15. The van der Waals surface area contributed by atoms with Crippen molar-refractivity contribution in [2.75, 3.05) is 5.75 Å². The van der Waals surface area contributed by atoms with Crippen LogP contribution >= 0.6 is 23.1 Å². The van der Waals surface area contributed by atoms with Crippen LogP contribution in [0.1, 0.15) is 35.2 Å². The predicted molar refractivity (Wildman–Crippen MR) is 118 cm³/mol. The molecule has 0 radical (unpaired) electrons. The van der Waals surface area contributed by atoms with E-state index in [1.54, 1.807) is 0 Å². The van der Waals surface area contributed by atoms with Crippen LogP contribution in [0.2, 0.25) is 0 Å². The van der Waals surface area contributed by atoms with Gasteiger partial charge in [-0.1, -0.05) is 30.3 Å². The van der Waals surface area contributed by atoms with Crippen LogP contribution in [-0.2, 0) is 17.0 Å². The van der Waals surface area contributed by atoms with Crippen LogP contribution < -0.4 is 10.9 Å². The fourth-order valence-corrected chi connectivity index (χ4v) is 4.77. The summed E-state index contributed by atoms with van der Waals surface area (Å²) in [4.78, 5) is 33.7. The summed E-state index contributed by atoms with van der Waals surface area (Å²) in [6.45, 7) is 5.97. The van der Waals surface area contributed by atoms with Crippen molar-refractivity contribution in [3.8, 4) is 0 Å². The number of thioether (sulfide) groups is 1. The highest BCUT2D eigenvalue weighted by Gasteiger charge is 2.13. The number of hydrogen-bond acceptors (Lipinski definition) is 5. The topological polar surface area (TPSA) is 74.8 Å². The van der Waals surface area contributed by atoms with Crippen molar-refractivity contribution in [2.45, 2.75) is 45.4 Å². The molecule has 1 aromatic carbocycles. The molecule has 0 saturated heterocycles. The molecule has 5 nitrogen and oxygen atoms in total. The van der Waals surface area contributed by atoms with E-state index >= 15 is 0 Å². The van der Waals surface area contributed by atoms with Crippen molar-refractivity contribution in [3.05, 3.63) is 62.5 Å². The Morgan fingerprint density at radius 1 is 1.29 bits per heavy atom. The maximum absolute atomic E-state index is 12.3. The van der Waals surface area contributed by atoms with Gasteiger partial charge in [-0.15, -0.1) is 23.1 Å². The van der Waals surface area contributed by atoms with Crippen LogP contribution in [0.15, 0.2) is 35.1 Å². The number of aromatic amines is 1. The van der Waals surface area contributed by atoms with Gasteiger partial charge in [0.25, 0.3) is 5.56 Å². The van der Waals surface area contributed by atoms with Gasteiger partial charge in [-0.25, -0.2) is 4.98 Å². The minimum atomic E-state index is -0.0959. The Balaban J connectivity index is 1.46. The van der Waals surface area contributed by atoms with E-state index in [2.05, 4.69) is 27.4 Å². The third-order valence-electron chi connectivity index (χ3n) is 4.68. The van der Waals surface area contributed by atoms with E-state index in [0.717, 1.165) is 28.1 Å². The first-order valence-corrected chi connectivity index (χ1v) is 11.3. The molecule has 0 saturated carbocycles. The van der Waals surface area contributed by atoms with E-state index in [1.807, 2.05) is 39.0 Å². The van der Waals surface area contributed by atoms with E-state index in [1.165, 1.54) is 28.7 Å². The first kappa shape index (κ1) is 20.6. The van der Waals surface area contributed by atoms with E-state index < -0.39 is 0 Å². The van der Waals surface area contributed by atoms with Crippen molar-refractivity contribution in [1.82, 2.24) is 15.3 Å².